The van der Waals surface area contributed by atoms with Gasteiger partial charge < -0.3 is 9.42 Å². The number of hydrogen-bond donors (Lipinski definition) is 0. The molecule has 3 aromatic rings. The number of nitrogens with zero attached hydrogens (tertiary/aromatic N) is 3. The Hall–Kier alpha value is -2.95. The molecule has 1 fully saturated rings. The van der Waals surface area contributed by atoms with Gasteiger partial charge in [-0.15, -0.1) is 0 Å². The summed E-state index contributed by atoms with van der Waals surface area (Å²) in [7, 11) is 0. The summed E-state index contributed by atoms with van der Waals surface area (Å²) in [4.78, 5) is 19.4. The number of likely N-dealkylation sites (tertiary alicyclic amines) is 1. The van der Waals surface area contributed by atoms with E-state index in [0.717, 1.165) is 37.1 Å². The van der Waals surface area contributed by atoms with E-state index in [0.29, 0.717) is 22.8 Å². The molecule has 0 radical (unpaired) electrons. The molecule has 0 saturated carbocycles. The molecular formula is C21H21N3O2. The first-order chi connectivity index (χ1) is 12.7. The van der Waals surface area contributed by atoms with Crippen molar-refractivity contribution in [2.45, 2.75) is 26.2 Å². The topological polar surface area (TPSA) is 59.2 Å². The lowest BCUT2D eigenvalue weighted by atomic mass is 10.0. The van der Waals surface area contributed by atoms with Gasteiger partial charge in [0.05, 0.1) is 11.1 Å². The Morgan fingerprint density at radius 3 is 2.65 bits per heavy atom. The van der Waals surface area contributed by atoms with Gasteiger partial charge >= 0.3 is 0 Å². The van der Waals surface area contributed by atoms with E-state index in [2.05, 4.69) is 10.1 Å². The Morgan fingerprint density at radius 2 is 1.85 bits per heavy atom. The standard InChI is InChI=1S/C21H21N3O2/c1-15-8-7-9-16(14-15)19-22-20(26-23-19)17-10-3-4-11-18(17)21(25)24-12-5-2-6-13-24/h3-4,7-11,14H,2,5-6,12-13H2,1H3. The summed E-state index contributed by atoms with van der Waals surface area (Å²) >= 11 is 0. The van der Waals surface area contributed by atoms with Gasteiger partial charge in [0, 0.05) is 18.7 Å². The highest BCUT2D eigenvalue weighted by molar-refractivity contribution is 6.00. The molecule has 0 bridgehead atoms. The first kappa shape index (κ1) is 16.5. The van der Waals surface area contributed by atoms with Crippen LogP contribution in [0.15, 0.2) is 53.1 Å². The molecule has 132 valence electrons. The Kier molecular flexibility index (Phi) is 4.52. The van der Waals surface area contributed by atoms with E-state index in [4.69, 9.17) is 4.52 Å². The monoisotopic (exact) mass is 347 g/mol. The smallest absolute Gasteiger partial charge is 0.259 e. The van der Waals surface area contributed by atoms with E-state index in [9.17, 15) is 4.79 Å². The van der Waals surface area contributed by atoms with Gasteiger partial charge in [-0.1, -0.05) is 41.1 Å². The summed E-state index contributed by atoms with van der Waals surface area (Å²) in [5, 5.41) is 4.11. The van der Waals surface area contributed by atoms with Crippen LogP contribution in [-0.4, -0.2) is 34.0 Å². The van der Waals surface area contributed by atoms with Crippen molar-refractivity contribution in [2.24, 2.45) is 0 Å². The summed E-state index contributed by atoms with van der Waals surface area (Å²) in [5.41, 5.74) is 3.35. The van der Waals surface area contributed by atoms with Crippen LogP contribution < -0.4 is 0 Å². The van der Waals surface area contributed by atoms with E-state index in [1.807, 2.05) is 60.4 Å². The quantitative estimate of drug-likeness (QED) is 0.707. The minimum Gasteiger partial charge on any atom is -0.339 e. The molecule has 5 heteroatoms. The average Bonchev–Trinajstić information content (AvgIpc) is 3.18. The predicted molar refractivity (Wildman–Crippen MR) is 99.7 cm³/mol. The highest BCUT2D eigenvalue weighted by Gasteiger charge is 2.23. The van der Waals surface area contributed by atoms with Crippen molar-refractivity contribution < 1.29 is 9.32 Å². The molecular weight excluding hydrogens is 326 g/mol. The summed E-state index contributed by atoms with van der Waals surface area (Å²) in [6, 6.07) is 15.4. The minimum absolute atomic E-state index is 0.0376. The van der Waals surface area contributed by atoms with Gasteiger partial charge in [-0.05, 0) is 44.4 Å². The molecule has 1 aliphatic rings. The first-order valence-corrected chi connectivity index (χ1v) is 9.02. The number of benzene rings is 2. The van der Waals surface area contributed by atoms with Gasteiger partial charge in [0.2, 0.25) is 5.82 Å². The van der Waals surface area contributed by atoms with Gasteiger partial charge in [-0.25, -0.2) is 0 Å². The zero-order chi connectivity index (χ0) is 17.9. The molecule has 4 rings (SSSR count). The maximum absolute atomic E-state index is 13.0. The van der Waals surface area contributed by atoms with Crippen LogP contribution in [0.4, 0.5) is 0 Å². The van der Waals surface area contributed by atoms with Crippen LogP contribution in [0, 0.1) is 6.92 Å². The third kappa shape index (κ3) is 3.25. The number of aromatic nitrogens is 2. The van der Waals surface area contributed by atoms with E-state index < -0.39 is 0 Å². The highest BCUT2D eigenvalue weighted by Crippen LogP contribution is 2.27. The molecule has 1 aromatic heterocycles. The molecule has 0 atom stereocenters. The molecule has 0 spiro atoms. The normalized spacial score (nSPS) is 14.4. The molecule has 2 heterocycles. The van der Waals surface area contributed by atoms with Gasteiger partial charge in [-0.3, -0.25) is 4.79 Å². The van der Waals surface area contributed by atoms with Gasteiger partial charge in [0.25, 0.3) is 11.8 Å². The van der Waals surface area contributed by atoms with Crippen LogP contribution in [0.2, 0.25) is 0 Å². The number of carbonyl (C=O) groups is 1. The van der Waals surface area contributed by atoms with Crippen molar-refractivity contribution in [1.29, 1.82) is 0 Å². The largest absolute Gasteiger partial charge is 0.339 e. The maximum atomic E-state index is 13.0. The fraction of sp³-hybridized carbons (Fsp3) is 0.286. The second-order valence-corrected chi connectivity index (χ2v) is 6.69. The lowest BCUT2D eigenvalue weighted by Crippen LogP contribution is -2.35. The van der Waals surface area contributed by atoms with Crippen LogP contribution >= 0.6 is 0 Å². The molecule has 0 aliphatic carbocycles. The SMILES string of the molecule is Cc1cccc(-c2noc(-c3ccccc3C(=O)N3CCCCC3)n2)c1. The number of rotatable bonds is 3. The van der Waals surface area contributed by atoms with Crippen LogP contribution in [0.25, 0.3) is 22.8 Å². The molecule has 1 amide bonds. The number of amides is 1. The van der Waals surface area contributed by atoms with E-state index >= 15 is 0 Å². The molecule has 1 aliphatic heterocycles. The highest BCUT2D eigenvalue weighted by atomic mass is 16.5. The molecule has 1 saturated heterocycles. The van der Waals surface area contributed by atoms with E-state index in [1.54, 1.807) is 0 Å². The van der Waals surface area contributed by atoms with Crippen LogP contribution in [0.3, 0.4) is 0 Å². The first-order valence-electron chi connectivity index (χ1n) is 9.02. The van der Waals surface area contributed by atoms with Gasteiger partial charge in [0.1, 0.15) is 0 Å². The van der Waals surface area contributed by atoms with E-state index in [-0.39, 0.29) is 5.91 Å². The van der Waals surface area contributed by atoms with Crippen molar-refractivity contribution in [3.05, 3.63) is 59.7 Å². The van der Waals surface area contributed by atoms with Crippen LogP contribution in [0.1, 0.15) is 35.2 Å². The number of piperidine rings is 1. The zero-order valence-corrected chi connectivity index (χ0v) is 14.8. The maximum Gasteiger partial charge on any atom is 0.259 e. The number of aryl methyl sites for hydroxylation is 1. The van der Waals surface area contributed by atoms with Crippen molar-refractivity contribution >= 4 is 5.91 Å². The van der Waals surface area contributed by atoms with Crippen molar-refractivity contribution in [2.75, 3.05) is 13.1 Å². The fourth-order valence-electron chi connectivity index (χ4n) is 3.36. The Balaban J connectivity index is 1.67. The van der Waals surface area contributed by atoms with Crippen LogP contribution in [0.5, 0.6) is 0 Å². The third-order valence-corrected chi connectivity index (χ3v) is 4.73. The lowest BCUT2D eigenvalue weighted by molar-refractivity contribution is 0.0725. The predicted octanol–water partition coefficient (Wildman–Crippen LogP) is 4.34. The third-order valence-electron chi connectivity index (χ3n) is 4.73. The summed E-state index contributed by atoms with van der Waals surface area (Å²) < 4.78 is 5.49. The molecule has 0 unspecified atom stereocenters. The molecule has 26 heavy (non-hydrogen) atoms. The Bertz CT molecular complexity index is 926. The Morgan fingerprint density at radius 1 is 1.04 bits per heavy atom. The summed E-state index contributed by atoms with van der Waals surface area (Å²) in [6.07, 6.45) is 3.31. The summed E-state index contributed by atoms with van der Waals surface area (Å²) in [6.45, 7) is 3.65. The molecule has 2 aromatic carbocycles. The van der Waals surface area contributed by atoms with Crippen molar-refractivity contribution in [3.63, 3.8) is 0 Å². The van der Waals surface area contributed by atoms with Gasteiger partial charge in [-0.2, -0.15) is 4.98 Å². The fourth-order valence-corrected chi connectivity index (χ4v) is 3.36. The van der Waals surface area contributed by atoms with Crippen molar-refractivity contribution in [1.82, 2.24) is 15.0 Å². The molecule has 5 nitrogen and oxygen atoms in total. The average molecular weight is 347 g/mol. The zero-order valence-electron chi connectivity index (χ0n) is 14.8. The summed E-state index contributed by atoms with van der Waals surface area (Å²) in [5.74, 6) is 0.946. The minimum atomic E-state index is 0.0376. The lowest BCUT2D eigenvalue weighted by Gasteiger charge is -2.27. The Labute approximate surface area is 152 Å². The second-order valence-electron chi connectivity index (χ2n) is 6.69. The number of hydrogen-bond acceptors (Lipinski definition) is 4. The molecule has 0 N–H and O–H groups in total. The van der Waals surface area contributed by atoms with Crippen LogP contribution in [-0.2, 0) is 0 Å². The van der Waals surface area contributed by atoms with Crippen molar-refractivity contribution in [3.8, 4) is 22.8 Å². The second kappa shape index (κ2) is 7.12. The van der Waals surface area contributed by atoms with E-state index in [1.165, 1.54) is 6.42 Å². The number of carbonyl (C=O) groups excluding carboxylic acids is 1. The van der Waals surface area contributed by atoms with Gasteiger partial charge in [0.15, 0.2) is 0 Å².